The van der Waals surface area contributed by atoms with E-state index in [1.165, 1.54) is 19.3 Å². The molecular weight excluding hydrogens is 298 g/mol. The van der Waals surface area contributed by atoms with Crippen molar-refractivity contribution in [2.24, 2.45) is 5.73 Å². The maximum Gasteiger partial charge on any atom is 0.235 e. The lowest BCUT2D eigenvalue weighted by Gasteiger charge is -2.20. The molecular formula is C9H17Br2NO. The molecule has 1 unspecified atom stereocenters. The molecule has 0 fully saturated rings. The Kier molecular flexibility index (Phi) is 7.05. The van der Waals surface area contributed by atoms with Crippen LogP contribution >= 0.6 is 31.9 Å². The van der Waals surface area contributed by atoms with Crippen molar-refractivity contribution < 1.29 is 4.79 Å². The molecule has 0 heterocycles. The fourth-order valence-electron chi connectivity index (χ4n) is 1.09. The Balaban J connectivity index is 3.78. The van der Waals surface area contributed by atoms with Crippen LogP contribution in [0.15, 0.2) is 0 Å². The number of rotatable bonds is 7. The molecule has 0 aromatic rings. The minimum atomic E-state index is -0.541. The van der Waals surface area contributed by atoms with Crippen molar-refractivity contribution in [3.63, 3.8) is 0 Å². The molecule has 0 saturated carbocycles. The van der Waals surface area contributed by atoms with Crippen LogP contribution in [0.5, 0.6) is 0 Å². The summed E-state index contributed by atoms with van der Waals surface area (Å²) in [6.45, 7) is 2.17. The minimum absolute atomic E-state index is 0.277. The molecule has 0 aliphatic heterocycles. The van der Waals surface area contributed by atoms with Gasteiger partial charge in [-0.3, -0.25) is 4.79 Å². The minimum Gasteiger partial charge on any atom is -0.368 e. The van der Waals surface area contributed by atoms with Crippen molar-refractivity contribution in [3.05, 3.63) is 0 Å². The van der Waals surface area contributed by atoms with Crippen molar-refractivity contribution in [1.29, 1.82) is 0 Å². The molecule has 13 heavy (non-hydrogen) atoms. The SMILES string of the molecule is CCCCCCC(Br)(CBr)C(N)=O. The van der Waals surface area contributed by atoms with Gasteiger partial charge in [0.1, 0.15) is 4.32 Å². The molecule has 1 amide bonds. The van der Waals surface area contributed by atoms with Crippen LogP contribution in [-0.4, -0.2) is 15.6 Å². The third-order valence-electron chi connectivity index (χ3n) is 2.08. The summed E-state index contributed by atoms with van der Waals surface area (Å²) in [5, 5.41) is 0.585. The lowest BCUT2D eigenvalue weighted by atomic mass is 10.0. The molecule has 0 spiro atoms. The summed E-state index contributed by atoms with van der Waals surface area (Å²) >= 11 is 6.67. The van der Waals surface area contributed by atoms with Gasteiger partial charge in [0.2, 0.25) is 5.91 Å². The zero-order valence-corrected chi connectivity index (χ0v) is 11.2. The average molecular weight is 315 g/mol. The van der Waals surface area contributed by atoms with Crippen LogP contribution in [0.3, 0.4) is 0 Å². The van der Waals surface area contributed by atoms with Crippen LogP contribution in [0.25, 0.3) is 0 Å². The van der Waals surface area contributed by atoms with Gasteiger partial charge in [-0.25, -0.2) is 0 Å². The number of primary amides is 1. The Morgan fingerprint density at radius 1 is 1.38 bits per heavy atom. The van der Waals surface area contributed by atoms with Crippen molar-refractivity contribution in [1.82, 2.24) is 0 Å². The van der Waals surface area contributed by atoms with Gasteiger partial charge in [0.15, 0.2) is 0 Å². The van der Waals surface area contributed by atoms with Gasteiger partial charge in [-0.05, 0) is 6.42 Å². The molecule has 2 N–H and O–H groups in total. The smallest absolute Gasteiger partial charge is 0.235 e. The molecule has 0 aliphatic carbocycles. The highest BCUT2D eigenvalue weighted by Crippen LogP contribution is 2.27. The van der Waals surface area contributed by atoms with E-state index in [9.17, 15) is 4.79 Å². The van der Waals surface area contributed by atoms with E-state index >= 15 is 0 Å². The highest BCUT2D eigenvalue weighted by molar-refractivity contribution is 9.12. The number of hydrogen-bond acceptors (Lipinski definition) is 1. The maximum absolute atomic E-state index is 11.1. The van der Waals surface area contributed by atoms with Gasteiger partial charge in [-0.1, -0.05) is 64.5 Å². The monoisotopic (exact) mass is 313 g/mol. The first-order chi connectivity index (χ1) is 6.06. The first-order valence-corrected chi connectivity index (χ1v) is 6.53. The second-order valence-corrected chi connectivity index (χ2v) is 5.35. The number of unbranched alkanes of at least 4 members (excludes halogenated alkanes) is 3. The molecule has 4 heteroatoms. The summed E-state index contributed by atoms with van der Waals surface area (Å²) < 4.78 is -0.541. The van der Waals surface area contributed by atoms with Crippen LogP contribution in [0.4, 0.5) is 0 Å². The van der Waals surface area contributed by atoms with Gasteiger partial charge >= 0.3 is 0 Å². The molecule has 0 saturated heterocycles. The first kappa shape index (κ1) is 13.4. The summed E-state index contributed by atoms with van der Waals surface area (Å²) in [6.07, 6.45) is 5.47. The predicted octanol–water partition coefficient (Wildman–Crippen LogP) is 2.97. The maximum atomic E-state index is 11.1. The summed E-state index contributed by atoms with van der Waals surface area (Å²) in [7, 11) is 0. The molecule has 78 valence electrons. The van der Waals surface area contributed by atoms with E-state index in [1.807, 2.05) is 0 Å². The Bertz CT molecular complexity index is 164. The van der Waals surface area contributed by atoms with Gasteiger partial charge in [0.25, 0.3) is 0 Å². The summed E-state index contributed by atoms with van der Waals surface area (Å²) in [5.74, 6) is -0.277. The fourth-order valence-corrected chi connectivity index (χ4v) is 1.92. The highest BCUT2D eigenvalue weighted by Gasteiger charge is 2.31. The van der Waals surface area contributed by atoms with Crippen LogP contribution in [0.1, 0.15) is 39.0 Å². The van der Waals surface area contributed by atoms with Crippen molar-refractivity contribution in [2.75, 3.05) is 5.33 Å². The normalized spacial score (nSPS) is 15.3. The molecule has 0 radical (unpaired) electrons. The molecule has 0 aromatic carbocycles. The molecule has 2 nitrogen and oxygen atoms in total. The van der Waals surface area contributed by atoms with Crippen LogP contribution in [0, 0.1) is 0 Å². The Labute approximate surface area is 96.9 Å². The van der Waals surface area contributed by atoms with Gasteiger partial charge in [-0.2, -0.15) is 0 Å². The van der Waals surface area contributed by atoms with E-state index in [0.29, 0.717) is 5.33 Å². The van der Waals surface area contributed by atoms with E-state index in [2.05, 4.69) is 38.8 Å². The zero-order valence-electron chi connectivity index (χ0n) is 7.98. The quantitative estimate of drug-likeness (QED) is 0.570. The molecule has 0 bridgehead atoms. The largest absolute Gasteiger partial charge is 0.368 e. The third kappa shape index (κ3) is 5.01. The number of alkyl halides is 2. The Morgan fingerprint density at radius 3 is 2.38 bits per heavy atom. The van der Waals surface area contributed by atoms with Gasteiger partial charge in [0.05, 0.1) is 0 Å². The molecule has 0 aliphatic rings. The molecule has 0 rings (SSSR count). The zero-order chi connectivity index (χ0) is 10.3. The number of nitrogens with two attached hydrogens (primary N) is 1. The van der Waals surface area contributed by atoms with E-state index < -0.39 is 4.32 Å². The van der Waals surface area contributed by atoms with Crippen molar-refractivity contribution >= 4 is 37.8 Å². The topological polar surface area (TPSA) is 43.1 Å². The number of carbonyl (C=O) groups is 1. The second-order valence-electron chi connectivity index (χ2n) is 3.27. The van der Waals surface area contributed by atoms with Crippen LogP contribution < -0.4 is 5.73 Å². The van der Waals surface area contributed by atoms with Gasteiger partial charge in [0, 0.05) is 5.33 Å². The Hall–Kier alpha value is 0.430. The van der Waals surface area contributed by atoms with E-state index in [1.54, 1.807) is 0 Å². The second kappa shape index (κ2) is 6.82. The highest BCUT2D eigenvalue weighted by atomic mass is 79.9. The Morgan fingerprint density at radius 2 is 2.00 bits per heavy atom. The summed E-state index contributed by atoms with van der Waals surface area (Å²) in [4.78, 5) is 11.1. The fraction of sp³-hybridized carbons (Fsp3) is 0.889. The molecule has 0 aromatic heterocycles. The predicted molar refractivity (Wildman–Crippen MR) is 63.4 cm³/mol. The number of amides is 1. The summed E-state index contributed by atoms with van der Waals surface area (Å²) in [5.41, 5.74) is 5.28. The first-order valence-electron chi connectivity index (χ1n) is 4.61. The number of hydrogen-bond donors (Lipinski definition) is 1. The lowest BCUT2D eigenvalue weighted by Crippen LogP contribution is -2.39. The van der Waals surface area contributed by atoms with E-state index in [0.717, 1.165) is 12.8 Å². The van der Waals surface area contributed by atoms with Crippen molar-refractivity contribution in [2.45, 2.75) is 43.4 Å². The van der Waals surface area contributed by atoms with E-state index in [4.69, 9.17) is 5.73 Å². The average Bonchev–Trinajstić information content (AvgIpc) is 2.12. The number of carbonyl (C=O) groups excluding carboxylic acids is 1. The van der Waals surface area contributed by atoms with Crippen molar-refractivity contribution in [3.8, 4) is 0 Å². The van der Waals surface area contributed by atoms with Gasteiger partial charge < -0.3 is 5.73 Å². The standard InChI is InChI=1S/C9H17Br2NO/c1-2-3-4-5-6-9(11,7-10)8(12)13/h2-7H2,1H3,(H2,12,13). The van der Waals surface area contributed by atoms with Crippen LogP contribution in [0.2, 0.25) is 0 Å². The lowest BCUT2D eigenvalue weighted by molar-refractivity contribution is -0.119. The van der Waals surface area contributed by atoms with Crippen LogP contribution in [-0.2, 0) is 4.79 Å². The van der Waals surface area contributed by atoms with E-state index in [-0.39, 0.29) is 5.91 Å². The number of halogens is 2. The molecule has 1 atom stereocenters. The third-order valence-corrected chi connectivity index (χ3v) is 4.86. The summed E-state index contributed by atoms with van der Waals surface area (Å²) in [6, 6.07) is 0. The van der Waals surface area contributed by atoms with Gasteiger partial charge in [-0.15, -0.1) is 0 Å².